The zero-order valence-corrected chi connectivity index (χ0v) is 21.0. The van der Waals surface area contributed by atoms with Crippen LogP contribution < -0.4 is 4.90 Å². The fourth-order valence-corrected chi connectivity index (χ4v) is 5.51. The average molecular weight is 474 g/mol. The fourth-order valence-electron chi connectivity index (χ4n) is 3.35. The van der Waals surface area contributed by atoms with Gasteiger partial charge in [-0.2, -0.15) is 0 Å². The summed E-state index contributed by atoms with van der Waals surface area (Å²) in [5.41, 5.74) is 2.84. The van der Waals surface area contributed by atoms with Crippen LogP contribution in [0.5, 0.6) is 0 Å². The normalized spacial score (nSPS) is 12.1. The molecule has 2 aromatic carbocycles. The number of sulfone groups is 1. The molecule has 0 saturated carbocycles. The second-order valence-electron chi connectivity index (χ2n) is 8.58. The van der Waals surface area contributed by atoms with Crippen LogP contribution in [0.15, 0.2) is 47.4 Å². The van der Waals surface area contributed by atoms with Crippen molar-refractivity contribution >= 4 is 42.4 Å². The smallest absolute Gasteiger partial charge is 0.233 e. The summed E-state index contributed by atoms with van der Waals surface area (Å²) in [6, 6.07) is 12.7. The molecular weight excluding hydrogens is 442 g/mol. The van der Waals surface area contributed by atoms with Gasteiger partial charge in [-0.15, -0.1) is 0 Å². The highest BCUT2D eigenvalue weighted by molar-refractivity contribution is 7.92. The highest BCUT2D eigenvalue weighted by Crippen LogP contribution is 2.30. The van der Waals surface area contributed by atoms with Crippen LogP contribution in [-0.4, -0.2) is 56.6 Å². The van der Waals surface area contributed by atoms with Crippen molar-refractivity contribution in [1.29, 1.82) is 0 Å². The quantitative estimate of drug-likeness (QED) is 0.463. The highest BCUT2D eigenvalue weighted by atomic mass is 32.2. The Morgan fingerprint density at radius 3 is 2.38 bits per heavy atom. The molecule has 0 fully saturated rings. The van der Waals surface area contributed by atoms with Crippen molar-refractivity contribution in [3.05, 3.63) is 53.6 Å². The molecule has 0 N–H and O–H groups in total. The van der Waals surface area contributed by atoms with Gasteiger partial charge in [-0.05, 0) is 83.2 Å². The van der Waals surface area contributed by atoms with Gasteiger partial charge in [-0.3, -0.25) is 9.69 Å². The summed E-state index contributed by atoms with van der Waals surface area (Å²) in [6.45, 7) is 6.82. The molecule has 172 valence electrons. The predicted octanol–water partition coefficient (Wildman–Crippen LogP) is 4.31. The van der Waals surface area contributed by atoms with E-state index in [1.54, 1.807) is 43.0 Å². The lowest BCUT2D eigenvalue weighted by Gasteiger charge is -2.21. The van der Waals surface area contributed by atoms with E-state index in [9.17, 15) is 13.2 Å². The first-order chi connectivity index (χ1) is 15.1. The maximum Gasteiger partial charge on any atom is 0.233 e. The van der Waals surface area contributed by atoms with Crippen LogP contribution in [0, 0.1) is 6.92 Å². The number of benzene rings is 2. The number of hydrogen-bond acceptors (Lipinski definition) is 6. The van der Waals surface area contributed by atoms with Crippen LogP contribution in [-0.2, 0) is 21.1 Å². The first-order valence-corrected chi connectivity index (χ1v) is 13.1. The summed E-state index contributed by atoms with van der Waals surface area (Å²) in [5.74, 6) is -0.0426. The molecule has 3 aromatic rings. The Kier molecular flexibility index (Phi) is 7.69. The number of amides is 1. The van der Waals surface area contributed by atoms with Crippen molar-refractivity contribution in [1.82, 2.24) is 9.88 Å². The molecule has 0 bridgehead atoms. The van der Waals surface area contributed by atoms with E-state index in [-0.39, 0.29) is 17.2 Å². The van der Waals surface area contributed by atoms with Crippen molar-refractivity contribution in [2.75, 3.05) is 32.1 Å². The van der Waals surface area contributed by atoms with Gasteiger partial charge in [0.25, 0.3) is 0 Å². The molecule has 0 spiro atoms. The molecule has 0 unspecified atom stereocenters. The Morgan fingerprint density at radius 1 is 1.06 bits per heavy atom. The molecule has 0 atom stereocenters. The summed E-state index contributed by atoms with van der Waals surface area (Å²) in [4.78, 5) is 22.1. The molecule has 6 nitrogen and oxygen atoms in total. The lowest BCUT2D eigenvalue weighted by Crippen LogP contribution is -2.34. The number of aryl methyl sites for hydroxylation is 1. The van der Waals surface area contributed by atoms with Gasteiger partial charge in [0.1, 0.15) is 0 Å². The van der Waals surface area contributed by atoms with E-state index in [4.69, 9.17) is 4.98 Å². The Balaban J connectivity index is 1.83. The third-order valence-electron chi connectivity index (χ3n) is 5.28. The number of aromatic nitrogens is 1. The standard InChI is InChI=1S/C24H31N3O3S2/c1-17(2)32(29,30)20-10-8-19(9-11-20)16-23(28)27(14-6-13-26(4)5)24-25-21-12-7-18(3)15-22(21)31-24/h7-12,15,17H,6,13-14,16H2,1-5H3. The molecular formula is C24H31N3O3S2. The van der Waals surface area contributed by atoms with E-state index >= 15 is 0 Å². The topological polar surface area (TPSA) is 70.6 Å². The third-order valence-corrected chi connectivity index (χ3v) is 8.49. The number of carbonyl (C=O) groups is 1. The lowest BCUT2D eigenvalue weighted by molar-refractivity contribution is -0.118. The van der Waals surface area contributed by atoms with Gasteiger partial charge < -0.3 is 4.90 Å². The second kappa shape index (κ2) is 10.1. The number of thiazole rings is 1. The molecule has 1 aromatic heterocycles. The Labute approximate surface area is 194 Å². The molecule has 0 aliphatic carbocycles. The largest absolute Gasteiger partial charge is 0.309 e. The van der Waals surface area contributed by atoms with Crippen LogP contribution in [0.3, 0.4) is 0 Å². The zero-order chi connectivity index (χ0) is 23.5. The Morgan fingerprint density at radius 2 is 1.75 bits per heavy atom. The number of carbonyl (C=O) groups excluding carboxylic acids is 1. The van der Waals surface area contributed by atoms with Crippen molar-refractivity contribution in [2.45, 2.75) is 43.8 Å². The summed E-state index contributed by atoms with van der Waals surface area (Å²) < 4.78 is 25.8. The van der Waals surface area contributed by atoms with Gasteiger partial charge in [0.15, 0.2) is 15.0 Å². The van der Waals surface area contributed by atoms with Crippen molar-refractivity contribution in [3.63, 3.8) is 0 Å². The highest BCUT2D eigenvalue weighted by Gasteiger charge is 2.22. The van der Waals surface area contributed by atoms with Crippen molar-refractivity contribution in [3.8, 4) is 0 Å². The maximum atomic E-state index is 13.3. The van der Waals surface area contributed by atoms with Crippen LogP contribution in [0.25, 0.3) is 10.2 Å². The van der Waals surface area contributed by atoms with Crippen molar-refractivity contribution in [2.24, 2.45) is 0 Å². The lowest BCUT2D eigenvalue weighted by atomic mass is 10.1. The Hall–Kier alpha value is -2.29. The number of fused-ring (bicyclic) bond motifs is 1. The molecule has 0 radical (unpaired) electrons. The molecule has 0 saturated heterocycles. The van der Waals surface area contributed by atoms with Crippen LogP contribution in [0.4, 0.5) is 5.13 Å². The first kappa shape index (κ1) is 24.4. The number of nitrogens with zero attached hydrogens (tertiary/aromatic N) is 3. The van der Waals surface area contributed by atoms with E-state index in [2.05, 4.69) is 11.0 Å². The molecule has 0 aliphatic rings. The average Bonchev–Trinajstić information content (AvgIpc) is 3.13. The van der Waals surface area contributed by atoms with E-state index in [1.165, 1.54) is 11.3 Å². The van der Waals surface area contributed by atoms with E-state index in [0.29, 0.717) is 11.7 Å². The molecule has 1 amide bonds. The van der Waals surface area contributed by atoms with Gasteiger partial charge in [-0.25, -0.2) is 13.4 Å². The minimum absolute atomic E-state index is 0.0426. The van der Waals surface area contributed by atoms with Crippen LogP contribution >= 0.6 is 11.3 Å². The predicted molar refractivity (Wildman–Crippen MR) is 132 cm³/mol. The fraction of sp³-hybridized carbons (Fsp3) is 0.417. The number of anilines is 1. The third kappa shape index (κ3) is 5.74. The zero-order valence-electron chi connectivity index (χ0n) is 19.3. The van der Waals surface area contributed by atoms with E-state index < -0.39 is 15.1 Å². The molecule has 0 aliphatic heterocycles. The van der Waals surface area contributed by atoms with Gasteiger partial charge >= 0.3 is 0 Å². The van der Waals surface area contributed by atoms with Crippen molar-refractivity contribution < 1.29 is 13.2 Å². The summed E-state index contributed by atoms with van der Waals surface area (Å²) in [6.07, 6.45) is 1.03. The number of hydrogen-bond donors (Lipinski definition) is 0. The van der Waals surface area contributed by atoms with Gasteiger partial charge in [0.2, 0.25) is 5.91 Å². The minimum Gasteiger partial charge on any atom is -0.309 e. The molecule has 32 heavy (non-hydrogen) atoms. The maximum absolute atomic E-state index is 13.3. The van der Waals surface area contributed by atoms with Gasteiger partial charge in [0, 0.05) is 6.54 Å². The first-order valence-electron chi connectivity index (χ1n) is 10.7. The summed E-state index contributed by atoms with van der Waals surface area (Å²) >= 11 is 1.53. The van der Waals surface area contributed by atoms with Gasteiger partial charge in [-0.1, -0.05) is 29.5 Å². The number of rotatable bonds is 9. The molecule has 3 rings (SSSR count). The van der Waals surface area contributed by atoms with E-state index in [1.807, 2.05) is 33.2 Å². The molecule has 8 heteroatoms. The van der Waals surface area contributed by atoms with Crippen LogP contribution in [0.1, 0.15) is 31.4 Å². The second-order valence-corrected chi connectivity index (χ2v) is 12.1. The minimum atomic E-state index is -3.33. The SMILES string of the molecule is Cc1ccc2nc(N(CCCN(C)C)C(=O)Cc3ccc(S(=O)(=O)C(C)C)cc3)sc2c1. The van der Waals surface area contributed by atoms with Crippen LogP contribution in [0.2, 0.25) is 0 Å². The summed E-state index contributed by atoms with van der Waals surface area (Å²) in [7, 11) is 0.698. The monoisotopic (exact) mass is 473 g/mol. The van der Waals surface area contributed by atoms with Gasteiger partial charge in [0.05, 0.1) is 26.8 Å². The summed E-state index contributed by atoms with van der Waals surface area (Å²) in [5, 5.41) is 0.221. The van der Waals surface area contributed by atoms with E-state index in [0.717, 1.165) is 34.3 Å². The Bertz CT molecular complexity index is 1180. The molecule has 1 heterocycles.